The molecule has 2 rings (SSSR count). The summed E-state index contributed by atoms with van der Waals surface area (Å²) in [5.74, 6) is -0.607. The van der Waals surface area contributed by atoms with Crippen molar-refractivity contribution >= 4 is 5.97 Å². The Morgan fingerprint density at radius 2 is 2.12 bits per heavy atom. The van der Waals surface area contributed by atoms with Crippen molar-refractivity contribution in [2.24, 2.45) is 5.41 Å². The SMILES string of the molecule is CC(C)(C)CCn1nnc(C(=O)O)c1C1CC1. The van der Waals surface area contributed by atoms with E-state index in [1.165, 1.54) is 0 Å². The molecule has 5 heteroatoms. The minimum atomic E-state index is -0.964. The summed E-state index contributed by atoms with van der Waals surface area (Å²) in [4.78, 5) is 11.1. The van der Waals surface area contributed by atoms with Gasteiger partial charge in [0.25, 0.3) is 0 Å². The summed E-state index contributed by atoms with van der Waals surface area (Å²) < 4.78 is 1.78. The smallest absolute Gasteiger partial charge is 0.358 e. The zero-order chi connectivity index (χ0) is 12.6. The lowest BCUT2D eigenvalue weighted by Crippen LogP contribution is -2.13. The molecule has 0 spiro atoms. The Hall–Kier alpha value is -1.39. The molecule has 94 valence electrons. The number of carbonyl (C=O) groups is 1. The lowest BCUT2D eigenvalue weighted by atomic mass is 9.92. The van der Waals surface area contributed by atoms with Crippen LogP contribution in [0.15, 0.2) is 0 Å². The monoisotopic (exact) mass is 237 g/mol. The first-order valence-electron chi connectivity index (χ1n) is 6.05. The van der Waals surface area contributed by atoms with E-state index in [0.717, 1.165) is 31.5 Å². The second-order valence-electron chi connectivity index (χ2n) is 5.94. The topological polar surface area (TPSA) is 68.0 Å². The van der Waals surface area contributed by atoms with Crippen molar-refractivity contribution in [1.82, 2.24) is 15.0 Å². The predicted octanol–water partition coefficient (Wildman–Crippen LogP) is 2.29. The summed E-state index contributed by atoms with van der Waals surface area (Å²) in [6.45, 7) is 7.24. The Morgan fingerprint density at radius 1 is 1.47 bits per heavy atom. The number of aromatic nitrogens is 3. The van der Waals surface area contributed by atoms with Gasteiger partial charge in [0.2, 0.25) is 0 Å². The van der Waals surface area contributed by atoms with E-state index in [1.807, 2.05) is 0 Å². The summed E-state index contributed by atoms with van der Waals surface area (Å²) in [7, 11) is 0. The van der Waals surface area contributed by atoms with Crippen molar-refractivity contribution in [3.63, 3.8) is 0 Å². The number of nitrogens with zero attached hydrogens (tertiary/aromatic N) is 3. The maximum absolute atomic E-state index is 11.1. The van der Waals surface area contributed by atoms with Crippen LogP contribution < -0.4 is 0 Å². The van der Waals surface area contributed by atoms with Crippen LogP contribution in [0.5, 0.6) is 0 Å². The number of carboxylic acids is 1. The molecule has 1 heterocycles. The Balaban J connectivity index is 2.19. The van der Waals surface area contributed by atoms with Crippen molar-refractivity contribution in [2.75, 3.05) is 0 Å². The van der Waals surface area contributed by atoms with Crippen molar-refractivity contribution in [3.8, 4) is 0 Å². The maximum Gasteiger partial charge on any atom is 0.358 e. The van der Waals surface area contributed by atoms with Crippen LogP contribution in [0.3, 0.4) is 0 Å². The number of aryl methyl sites for hydroxylation is 1. The van der Waals surface area contributed by atoms with Gasteiger partial charge in [0.15, 0.2) is 5.69 Å². The number of aromatic carboxylic acids is 1. The van der Waals surface area contributed by atoms with Gasteiger partial charge >= 0.3 is 5.97 Å². The molecule has 0 saturated heterocycles. The van der Waals surface area contributed by atoms with Gasteiger partial charge in [-0.05, 0) is 24.7 Å². The van der Waals surface area contributed by atoms with Crippen molar-refractivity contribution in [1.29, 1.82) is 0 Å². The molecule has 1 aromatic heterocycles. The summed E-state index contributed by atoms with van der Waals surface area (Å²) in [5.41, 5.74) is 1.18. The highest BCUT2D eigenvalue weighted by molar-refractivity contribution is 5.86. The van der Waals surface area contributed by atoms with E-state index in [-0.39, 0.29) is 11.1 Å². The fourth-order valence-corrected chi connectivity index (χ4v) is 1.84. The average Bonchev–Trinajstić information content (AvgIpc) is 2.93. The quantitative estimate of drug-likeness (QED) is 0.872. The summed E-state index contributed by atoms with van der Waals surface area (Å²) in [5, 5.41) is 16.8. The molecule has 1 N–H and O–H groups in total. The third kappa shape index (κ3) is 2.84. The highest BCUT2D eigenvalue weighted by Gasteiger charge is 2.33. The Morgan fingerprint density at radius 3 is 2.59 bits per heavy atom. The van der Waals surface area contributed by atoms with Gasteiger partial charge < -0.3 is 5.11 Å². The van der Waals surface area contributed by atoms with E-state index < -0.39 is 5.97 Å². The third-order valence-electron chi connectivity index (χ3n) is 3.01. The van der Waals surface area contributed by atoms with Crippen molar-refractivity contribution < 1.29 is 9.90 Å². The Bertz CT molecular complexity index is 427. The first kappa shape index (κ1) is 12.1. The maximum atomic E-state index is 11.1. The minimum Gasteiger partial charge on any atom is -0.476 e. The molecule has 0 amide bonds. The number of rotatable bonds is 4. The van der Waals surface area contributed by atoms with Gasteiger partial charge in [-0.2, -0.15) is 0 Å². The van der Waals surface area contributed by atoms with Crippen LogP contribution in [0.4, 0.5) is 0 Å². The molecular formula is C12H19N3O2. The Kier molecular flexibility index (Phi) is 2.93. The highest BCUT2D eigenvalue weighted by Crippen LogP contribution is 2.41. The zero-order valence-corrected chi connectivity index (χ0v) is 10.6. The summed E-state index contributed by atoms with van der Waals surface area (Å²) in [6.07, 6.45) is 3.08. The second-order valence-corrected chi connectivity index (χ2v) is 5.94. The molecule has 0 atom stereocenters. The fraction of sp³-hybridized carbons (Fsp3) is 0.750. The van der Waals surface area contributed by atoms with Crippen LogP contribution >= 0.6 is 0 Å². The van der Waals surface area contributed by atoms with E-state index >= 15 is 0 Å². The first-order valence-corrected chi connectivity index (χ1v) is 6.05. The standard InChI is InChI=1S/C12H19N3O2/c1-12(2,3)6-7-15-10(8-4-5-8)9(11(16)17)13-14-15/h8H,4-7H2,1-3H3,(H,16,17). The molecule has 5 nitrogen and oxygen atoms in total. The molecule has 0 aromatic carbocycles. The van der Waals surface area contributed by atoms with E-state index in [2.05, 4.69) is 31.1 Å². The van der Waals surface area contributed by atoms with Crippen LogP contribution in [0.1, 0.15) is 62.1 Å². The van der Waals surface area contributed by atoms with Crippen molar-refractivity contribution in [2.45, 2.75) is 52.5 Å². The van der Waals surface area contributed by atoms with Gasteiger partial charge in [-0.3, -0.25) is 0 Å². The molecule has 17 heavy (non-hydrogen) atoms. The lowest BCUT2D eigenvalue weighted by molar-refractivity contribution is 0.0689. The summed E-state index contributed by atoms with van der Waals surface area (Å²) in [6, 6.07) is 0. The molecular weight excluding hydrogens is 218 g/mol. The molecule has 1 aliphatic rings. The van der Waals surface area contributed by atoms with E-state index in [0.29, 0.717) is 5.92 Å². The molecule has 1 aliphatic carbocycles. The van der Waals surface area contributed by atoms with Crippen LogP contribution in [0, 0.1) is 5.41 Å². The van der Waals surface area contributed by atoms with Gasteiger partial charge in [0, 0.05) is 12.5 Å². The first-order chi connectivity index (χ1) is 7.88. The van der Waals surface area contributed by atoms with E-state index in [1.54, 1.807) is 4.68 Å². The number of hydrogen-bond donors (Lipinski definition) is 1. The number of hydrogen-bond acceptors (Lipinski definition) is 3. The number of carboxylic acid groups (broad SMARTS) is 1. The minimum absolute atomic E-state index is 0.140. The van der Waals surface area contributed by atoms with Gasteiger partial charge in [0.05, 0.1) is 5.69 Å². The summed E-state index contributed by atoms with van der Waals surface area (Å²) >= 11 is 0. The lowest BCUT2D eigenvalue weighted by Gasteiger charge is -2.18. The van der Waals surface area contributed by atoms with Crippen LogP contribution in [-0.2, 0) is 6.54 Å². The largest absolute Gasteiger partial charge is 0.476 e. The predicted molar refractivity (Wildman–Crippen MR) is 63.0 cm³/mol. The van der Waals surface area contributed by atoms with Gasteiger partial charge in [-0.1, -0.05) is 26.0 Å². The fourth-order valence-electron chi connectivity index (χ4n) is 1.84. The zero-order valence-electron chi connectivity index (χ0n) is 10.6. The molecule has 0 aliphatic heterocycles. The normalized spacial score (nSPS) is 16.2. The average molecular weight is 237 g/mol. The van der Waals surface area contributed by atoms with E-state index in [4.69, 9.17) is 5.11 Å². The molecule has 0 bridgehead atoms. The molecule has 1 fully saturated rings. The van der Waals surface area contributed by atoms with Gasteiger partial charge in [0.1, 0.15) is 0 Å². The molecule has 0 radical (unpaired) electrons. The second kappa shape index (κ2) is 4.13. The molecule has 1 aromatic rings. The van der Waals surface area contributed by atoms with Crippen LogP contribution in [0.25, 0.3) is 0 Å². The Labute approximate surface area is 101 Å². The molecule has 1 saturated carbocycles. The highest BCUT2D eigenvalue weighted by atomic mass is 16.4. The van der Waals surface area contributed by atoms with Crippen LogP contribution in [-0.4, -0.2) is 26.1 Å². The van der Waals surface area contributed by atoms with Gasteiger partial charge in [-0.15, -0.1) is 5.10 Å². The molecule has 0 unspecified atom stereocenters. The van der Waals surface area contributed by atoms with Gasteiger partial charge in [-0.25, -0.2) is 9.48 Å². The third-order valence-corrected chi connectivity index (χ3v) is 3.01. The van der Waals surface area contributed by atoms with Crippen molar-refractivity contribution in [3.05, 3.63) is 11.4 Å². The van der Waals surface area contributed by atoms with Crippen LogP contribution in [0.2, 0.25) is 0 Å². The van der Waals surface area contributed by atoms with E-state index in [9.17, 15) is 4.79 Å².